The van der Waals surface area contributed by atoms with Crippen LogP contribution in [0.3, 0.4) is 0 Å². The molecule has 0 radical (unpaired) electrons. The van der Waals surface area contributed by atoms with Gasteiger partial charge in [0.25, 0.3) is 0 Å². The van der Waals surface area contributed by atoms with E-state index in [4.69, 9.17) is 0 Å². The van der Waals surface area contributed by atoms with Crippen LogP contribution >= 0.6 is 0 Å². The lowest BCUT2D eigenvalue weighted by molar-refractivity contribution is 0.229. The summed E-state index contributed by atoms with van der Waals surface area (Å²) in [5.41, 5.74) is 0. The van der Waals surface area contributed by atoms with E-state index in [1.165, 1.54) is 71.6 Å². The van der Waals surface area contributed by atoms with Crippen molar-refractivity contribution in [1.29, 1.82) is 0 Å². The molecule has 2 fully saturated rings. The minimum atomic E-state index is 1.25. The molecule has 0 atom stereocenters. The molecule has 2 aliphatic heterocycles. The summed E-state index contributed by atoms with van der Waals surface area (Å²) in [5, 5.41) is 0. The molecule has 2 heterocycles. The van der Waals surface area contributed by atoms with Crippen molar-refractivity contribution in [1.82, 2.24) is 14.7 Å². The Bertz CT molecular complexity index is 179. The molecule has 2 rings (SSSR count). The van der Waals surface area contributed by atoms with Gasteiger partial charge in [0.2, 0.25) is 0 Å². The van der Waals surface area contributed by atoms with Gasteiger partial charge in [-0.25, -0.2) is 0 Å². The van der Waals surface area contributed by atoms with Gasteiger partial charge in [-0.2, -0.15) is 0 Å². The summed E-state index contributed by atoms with van der Waals surface area (Å²) in [6.07, 6.45) is 4.18. The predicted molar refractivity (Wildman–Crippen MR) is 86.9 cm³/mol. The van der Waals surface area contributed by atoms with Crippen molar-refractivity contribution >= 4 is 0 Å². The number of rotatable bonds is 3. The van der Waals surface area contributed by atoms with Gasteiger partial charge < -0.3 is 14.7 Å². The zero-order valence-electron chi connectivity index (χ0n) is 14.1. The van der Waals surface area contributed by atoms with Crippen LogP contribution in [0.4, 0.5) is 0 Å². The lowest BCUT2D eigenvalue weighted by atomic mass is 10.4. The topological polar surface area (TPSA) is 9.72 Å². The first-order valence-corrected chi connectivity index (χ1v) is 8.48. The van der Waals surface area contributed by atoms with Gasteiger partial charge >= 0.3 is 0 Å². The molecule has 2 aliphatic rings. The standard InChI is InChI=1S/C12H25N3.2C2H6/c1-13-5-4-8-15(10-9-13)12-11-14-6-2-3-7-14;2*1-2/h2-12H2,1H3;2*1-2H3. The molecule has 3 nitrogen and oxygen atoms in total. The van der Waals surface area contributed by atoms with E-state index >= 15 is 0 Å². The van der Waals surface area contributed by atoms with Crippen LogP contribution < -0.4 is 0 Å². The highest BCUT2D eigenvalue weighted by Crippen LogP contribution is 2.07. The van der Waals surface area contributed by atoms with Crippen molar-refractivity contribution in [3.8, 4) is 0 Å². The fourth-order valence-electron chi connectivity index (χ4n) is 2.61. The molecule has 2 saturated heterocycles. The lowest BCUT2D eigenvalue weighted by Gasteiger charge is -2.23. The molecule has 0 saturated carbocycles. The van der Waals surface area contributed by atoms with Gasteiger partial charge in [0.05, 0.1) is 0 Å². The first-order chi connectivity index (χ1) is 9.34. The molecular weight excluding hydrogens is 234 g/mol. The zero-order chi connectivity index (χ0) is 14.5. The summed E-state index contributed by atoms with van der Waals surface area (Å²) in [6.45, 7) is 18.4. The van der Waals surface area contributed by atoms with Crippen LogP contribution in [0.1, 0.15) is 47.0 Å². The van der Waals surface area contributed by atoms with Gasteiger partial charge in [0.15, 0.2) is 0 Å². The number of hydrogen-bond acceptors (Lipinski definition) is 3. The minimum absolute atomic E-state index is 1.25. The first-order valence-electron chi connectivity index (χ1n) is 8.48. The highest BCUT2D eigenvalue weighted by molar-refractivity contribution is 4.71. The van der Waals surface area contributed by atoms with Crippen molar-refractivity contribution in [2.45, 2.75) is 47.0 Å². The van der Waals surface area contributed by atoms with Gasteiger partial charge in [-0.15, -0.1) is 0 Å². The zero-order valence-corrected chi connectivity index (χ0v) is 14.1. The van der Waals surface area contributed by atoms with Crippen molar-refractivity contribution < 1.29 is 0 Å². The Labute approximate surface area is 121 Å². The molecule has 0 unspecified atom stereocenters. The second-order valence-electron chi connectivity index (χ2n) is 5.05. The van der Waals surface area contributed by atoms with Gasteiger partial charge in [0.1, 0.15) is 0 Å². The second-order valence-corrected chi connectivity index (χ2v) is 5.05. The number of likely N-dealkylation sites (tertiary alicyclic amines) is 1. The molecular formula is C16H37N3. The van der Waals surface area contributed by atoms with E-state index in [-0.39, 0.29) is 0 Å². The molecule has 116 valence electrons. The van der Waals surface area contributed by atoms with Crippen LogP contribution in [0.2, 0.25) is 0 Å². The molecule has 0 amide bonds. The molecule has 0 aromatic carbocycles. The lowest BCUT2D eigenvalue weighted by Crippen LogP contribution is -2.36. The fourth-order valence-corrected chi connectivity index (χ4v) is 2.61. The van der Waals surface area contributed by atoms with E-state index in [0.29, 0.717) is 0 Å². The third kappa shape index (κ3) is 8.61. The second kappa shape index (κ2) is 12.9. The molecule has 19 heavy (non-hydrogen) atoms. The number of likely N-dealkylation sites (N-methyl/N-ethyl adjacent to an activating group) is 1. The van der Waals surface area contributed by atoms with Crippen LogP contribution in [0, 0.1) is 0 Å². The van der Waals surface area contributed by atoms with Crippen molar-refractivity contribution in [2.24, 2.45) is 0 Å². The minimum Gasteiger partial charge on any atom is -0.305 e. The van der Waals surface area contributed by atoms with E-state index < -0.39 is 0 Å². The van der Waals surface area contributed by atoms with E-state index in [0.717, 1.165) is 0 Å². The Morgan fingerprint density at radius 3 is 1.63 bits per heavy atom. The SMILES string of the molecule is CC.CC.CN1CCCN(CCN2CCCC2)CC1. The molecule has 0 bridgehead atoms. The average molecular weight is 271 g/mol. The maximum Gasteiger partial charge on any atom is 0.0110 e. The maximum absolute atomic E-state index is 2.64. The number of nitrogens with zero attached hydrogens (tertiary/aromatic N) is 3. The summed E-state index contributed by atoms with van der Waals surface area (Å²) < 4.78 is 0. The summed E-state index contributed by atoms with van der Waals surface area (Å²) in [5.74, 6) is 0. The summed E-state index contributed by atoms with van der Waals surface area (Å²) >= 11 is 0. The summed E-state index contributed by atoms with van der Waals surface area (Å²) in [7, 11) is 2.24. The Kier molecular flexibility index (Phi) is 12.8. The average Bonchev–Trinajstić information content (AvgIpc) is 2.91. The fraction of sp³-hybridized carbons (Fsp3) is 1.00. The smallest absolute Gasteiger partial charge is 0.0110 e. The summed E-state index contributed by atoms with van der Waals surface area (Å²) in [4.78, 5) is 7.71. The van der Waals surface area contributed by atoms with Crippen molar-refractivity contribution in [2.75, 3.05) is 59.4 Å². The van der Waals surface area contributed by atoms with E-state index in [1.807, 2.05) is 27.7 Å². The largest absolute Gasteiger partial charge is 0.305 e. The molecule has 0 aromatic rings. The molecule has 3 heteroatoms. The van der Waals surface area contributed by atoms with Crippen LogP contribution in [0.15, 0.2) is 0 Å². The Hall–Kier alpha value is -0.120. The predicted octanol–water partition coefficient (Wildman–Crippen LogP) is 2.77. The van der Waals surface area contributed by atoms with Crippen molar-refractivity contribution in [3.63, 3.8) is 0 Å². The van der Waals surface area contributed by atoms with E-state index in [9.17, 15) is 0 Å². The Morgan fingerprint density at radius 1 is 0.579 bits per heavy atom. The normalized spacial score (nSPS) is 21.9. The van der Waals surface area contributed by atoms with Gasteiger partial charge in [-0.05, 0) is 52.5 Å². The van der Waals surface area contributed by atoms with Crippen LogP contribution in [-0.2, 0) is 0 Å². The quantitative estimate of drug-likeness (QED) is 0.781. The molecule has 0 aliphatic carbocycles. The third-order valence-corrected chi connectivity index (χ3v) is 3.74. The third-order valence-electron chi connectivity index (χ3n) is 3.74. The van der Waals surface area contributed by atoms with Crippen LogP contribution in [0.5, 0.6) is 0 Å². The van der Waals surface area contributed by atoms with Crippen LogP contribution in [0.25, 0.3) is 0 Å². The van der Waals surface area contributed by atoms with Crippen molar-refractivity contribution in [3.05, 3.63) is 0 Å². The molecule has 0 aromatic heterocycles. The molecule has 0 N–H and O–H groups in total. The number of hydrogen-bond donors (Lipinski definition) is 0. The monoisotopic (exact) mass is 271 g/mol. The Morgan fingerprint density at radius 2 is 1.05 bits per heavy atom. The van der Waals surface area contributed by atoms with Gasteiger partial charge in [0, 0.05) is 26.2 Å². The first kappa shape index (κ1) is 18.9. The van der Waals surface area contributed by atoms with E-state index in [2.05, 4.69) is 21.7 Å². The Balaban J connectivity index is 0.000000741. The highest BCUT2D eigenvalue weighted by Gasteiger charge is 2.15. The molecule has 0 spiro atoms. The maximum atomic E-state index is 2.64. The summed E-state index contributed by atoms with van der Waals surface area (Å²) in [6, 6.07) is 0. The van der Waals surface area contributed by atoms with E-state index in [1.54, 1.807) is 0 Å². The van der Waals surface area contributed by atoms with Gasteiger partial charge in [-0.3, -0.25) is 0 Å². The van der Waals surface area contributed by atoms with Gasteiger partial charge in [-0.1, -0.05) is 27.7 Å². The highest BCUT2D eigenvalue weighted by atomic mass is 15.2. The van der Waals surface area contributed by atoms with Crippen LogP contribution in [-0.4, -0.2) is 74.1 Å².